The van der Waals surface area contributed by atoms with Crippen molar-refractivity contribution in [1.82, 2.24) is 0 Å². The zero-order chi connectivity index (χ0) is 19.2. The highest BCUT2D eigenvalue weighted by atomic mass is 16.6. The number of aryl methyl sites for hydroxylation is 1. The van der Waals surface area contributed by atoms with Crippen LogP contribution in [0.2, 0.25) is 0 Å². The highest BCUT2D eigenvalue weighted by Gasteiger charge is 2.27. The number of nitro benzene ring substituents is 1. The molecular formula is C19H18N2O6. The summed E-state index contributed by atoms with van der Waals surface area (Å²) in [5, 5.41) is 10.9. The maximum absolute atomic E-state index is 12.2. The van der Waals surface area contributed by atoms with Crippen molar-refractivity contribution in [3.8, 4) is 5.75 Å². The molecule has 0 bridgehead atoms. The van der Waals surface area contributed by atoms with E-state index in [2.05, 4.69) is 0 Å². The molecule has 0 saturated carbocycles. The summed E-state index contributed by atoms with van der Waals surface area (Å²) in [6, 6.07) is 13.4. The van der Waals surface area contributed by atoms with Crippen LogP contribution in [0.15, 0.2) is 48.5 Å². The molecular weight excluding hydrogens is 352 g/mol. The molecule has 0 N–H and O–H groups in total. The Hall–Kier alpha value is -3.42. The van der Waals surface area contributed by atoms with E-state index in [0.717, 1.165) is 0 Å². The molecule has 8 nitrogen and oxygen atoms in total. The topological polar surface area (TPSA) is 99.0 Å². The van der Waals surface area contributed by atoms with Gasteiger partial charge in [0.15, 0.2) is 0 Å². The van der Waals surface area contributed by atoms with Crippen LogP contribution < -0.4 is 9.64 Å². The monoisotopic (exact) mass is 370 g/mol. The predicted octanol–water partition coefficient (Wildman–Crippen LogP) is 2.50. The molecule has 140 valence electrons. The summed E-state index contributed by atoms with van der Waals surface area (Å²) in [5.74, 6) is -0.102. The molecule has 8 heteroatoms. The average Bonchev–Trinajstić information content (AvgIpc) is 2.68. The molecule has 1 aliphatic rings. The fraction of sp³-hybridized carbons (Fsp3) is 0.263. The number of para-hydroxylation sites is 1. The van der Waals surface area contributed by atoms with E-state index in [4.69, 9.17) is 9.47 Å². The van der Waals surface area contributed by atoms with Crippen molar-refractivity contribution in [2.24, 2.45) is 0 Å². The second-order valence-electron chi connectivity index (χ2n) is 5.93. The molecule has 3 rings (SSSR count). The van der Waals surface area contributed by atoms with Gasteiger partial charge in [0.2, 0.25) is 5.91 Å². The number of nitro groups is 1. The van der Waals surface area contributed by atoms with Crippen LogP contribution in [0.4, 0.5) is 11.4 Å². The summed E-state index contributed by atoms with van der Waals surface area (Å²) >= 11 is 0. The third kappa shape index (κ3) is 4.60. The number of carbonyl (C=O) groups is 2. The van der Waals surface area contributed by atoms with Gasteiger partial charge in [-0.25, -0.2) is 0 Å². The lowest BCUT2D eigenvalue weighted by Gasteiger charge is -2.28. The number of non-ortho nitro benzene ring substituents is 1. The normalized spacial score (nSPS) is 13.0. The Morgan fingerprint density at radius 1 is 1.11 bits per heavy atom. The summed E-state index contributed by atoms with van der Waals surface area (Å²) < 4.78 is 10.6. The number of fused-ring (bicyclic) bond motifs is 1. The van der Waals surface area contributed by atoms with Gasteiger partial charge in [-0.05, 0) is 30.2 Å². The Labute approximate surface area is 155 Å². The zero-order valence-electron chi connectivity index (χ0n) is 14.5. The third-order valence-electron chi connectivity index (χ3n) is 4.12. The van der Waals surface area contributed by atoms with Crippen LogP contribution in [0.3, 0.4) is 0 Å². The van der Waals surface area contributed by atoms with Crippen LogP contribution in [0, 0.1) is 10.1 Å². The predicted molar refractivity (Wildman–Crippen MR) is 96.7 cm³/mol. The third-order valence-corrected chi connectivity index (χ3v) is 4.12. The molecule has 0 saturated heterocycles. The van der Waals surface area contributed by atoms with Crippen LogP contribution in [0.25, 0.3) is 0 Å². The van der Waals surface area contributed by atoms with E-state index >= 15 is 0 Å². The van der Waals surface area contributed by atoms with E-state index in [1.165, 1.54) is 23.1 Å². The molecule has 0 aromatic heterocycles. The van der Waals surface area contributed by atoms with E-state index in [1.807, 2.05) is 18.2 Å². The van der Waals surface area contributed by atoms with Gasteiger partial charge in [0.05, 0.1) is 4.92 Å². The van der Waals surface area contributed by atoms with Gasteiger partial charge in [0.25, 0.3) is 5.69 Å². The Morgan fingerprint density at radius 3 is 2.63 bits per heavy atom. The minimum atomic E-state index is -0.564. The number of ether oxygens (including phenoxy) is 2. The van der Waals surface area contributed by atoms with Crippen molar-refractivity contribution < 1.29 is 24.0 Å². The van der Waals surface area contributed by atoms with Crippen LogP contribution in [-0.2, 0) is 20.7 Å². The minimum absolute atomic E-state index is 0.0383. The lowest BCUT2D eigenvalue weighted by Crippen LogP contribution is -2.39. The summed E-state index contributed by atoms with van der Waals surface area (Å²) in [6.45, 7) is 0.0182. The number of rotatable bonds is 7. The van der Waals surface area contributed by atoms with Crippen molar-refractivity contribution >= 4 is 23.3 Å². The number of nitrogens with zero attached hydrogens (tertiary/aromatic N) is 2. The molecule has 0 spiro atoms. The summed E-state index contributed by atoms with van der Waals surface area (Å²) in [4.78, 5) is 36.0. The van der Waals surface area contributed by atoms with E-state index in [-0.39, 0.29) is 37.8 Å². The molecule has 0 fully saturated rings. The van der Waals surface area contributed by atoms with E-state index < -0.39 is 10.9 Å². The van der Waals surface area contributed by atoms with Crippen LogP contribution in [0.1, 0.15) is 12.0 Å². The van der Waals surface area contributed by atoms with Gasteiger partial charge in [-0.2, -0.15) is 0 Å². The molecule has 0 radical (unpaired) electrons. The van der Waals surface area contributed by atoms with Crippen molar-refractivity contribution in [1.29, 1.82) is 0 Å². The van der Waals surface area contributed by atoms with Crippen molar-refractivity contribution in [2.75, 3.05) is 24.7 Å². The molecule has 0 unspecified atom stereocenters. The first-order chi connectivity index (χ1) is 13.0. The second kappa shape index (κ2) is 8.31. The molecule has 0 atom stereocenters. The first kappa shape index (κ1) is 18.4. The maximum atomic E-state index is 12.2. The Morgan fingerprint density at radius 2 is 1.89 bits per heavy atom. The van der Waals surface area contributed by atoms with E-state index in [1.54, 1.807) is 12.1 Å². The average molecular weight is 370 g/mol. The van der Waals surface area contributed by atoms with Gasteiger partial charge < -0.3 is 14.4 Å². The van der Waals surface area contributed by atoms with Gasteiger partial charge in [0.1, 0.15) is 25.5 Å². The van der Waals surface area contributed by atoms with Crippen molar-refractivity contribution in [3.63, 3.8) is 0 Å². The molecule has 27 heavy (non-hydrogen) atoms. The van der Waals surface area contributed by atoms with Crippen LogP contribution in [0.5, 0.6) is 5.75 Å². The van der Waals surface area contributed by atoms with Crippen LogP contribution in [-0.4, -0.2) is 36.6 Å². The fourth-order valence-corrected chi connectivity index (χ4v) is 2.84. The van der Waals surface area contributed by atoms with Gasteiger partial charge in [0, 0.05) is 24.2 Å². The lowest BCUT2D eigenvalue weighted by atomic mass is 10.0. The molecule has 1 amide bonds. The Balaban J connectivity index is 1.56. The first-order valence-electron chi connectivity index (χ1n) is 8.46. The second-order valence-corrected chi connectivity index (χ2v) is 5.93. The van der Waals surface area contributed by atoms with Gasteiger partial charge in [-0.15, -0.1) is 0 Å². The molecule has 1 aliphatic heterocycles. The van der Waals surface area contributed by atoms with E-state index in [0.29, 0.717) is 23.4 Å². The number of amides is 1. The summed E-state index contributed by atoms with van der Waals surface area (Å²) in [7, 11) is 0. The quantitative estimate of drug-likeness (QED) is 0.321. The number of hydrogen-bond acceptors (Lipinski definition) is 6. The van der Waals surface area contributed by atoms with Gasteiger partial charge >= 0.3 is 5.97 Å². The lowest BCUT2D eigenvalue weighted by molar-refractivity contribution is -0.384. The van der Waals surface area contributed by atoms with Gasteiger partial charge in [-0.1, -0.05) is 18.2 Å². The Kier molecular flexibility index (Phi) is 5.65. The standard InChI is InChI=1S/C19H18N2O6/c22-18-9-6-14-12-15(21(24)25)7-8-17(14)20(18)13-19(23)27-11-10-26-16-4-2-1-3-5-16/h1-5,7-8,12H,6,9-11,13H2. The number of benzene rings is 2. The first-order valence-corrected chi connectivity index (χ1v) is 8.46. The highest BCUT2D eigenvalue weighted by Crippen LogP contribution is 2.30. The maximum Gasteiger partial charge on any atom is 0.326 e. The zero-order valence-corrected chi connectivity index (χ0v) is 14.5. The molecule has 2 aromatic rings. The fourth-order valence-electron chi connectivity index (χ4n) is 2.84. The highest BCUT2D eigenvalue weighted by molar-refractivity contribution is 6.00. The summed E-state index contributed by atoms with van der Waals surface area (Å²) in [5.41, 5.74) is 1.14. The number of anilines is 1. The smallest absolute Gasteiger partial charge is 0.326 e. The van der Waals surface area contributed by atoms with Crippen molar-refractivity contribution in [3.05, 3.63) is 64.2 Å². The van der Waals surface area contributed by atoms with Crippen molar-refractivity contribution in [2.45, 2.75) is 12.8 Å². The SMILES string of the molecule is O=C(CN1C(=O)CCc2cc([N+](=O)[O-])ccc21)OCCOc1ccccc1. The molecule has 0 aliphatic carbocycles. The number of carbonyl (C=O) groups excluding carboxylic acids is 2. The molecule has 2 aromatic carbocycles. The minimum Gasteiger partial charge on any atom is -0.490 e. The van der Waals surface area contributed by atoms with Gasteiger partial charge in [-0.3, -0.25) is 19.7 Å². The Bertz CT molecular complexity index is 853. The number of hydrogen-bond donors (Lipinski definition) is 0. The largest absolute Gasteiger partial charge is 0.490 e. The number of esters is 1. The summed E-state index contributed by atoms with van der Waals surface area (Å²) in [6.07, 6.45) is 0.602. The van der Waals surface area contributed by atoms with Crippen LogP contribution >= 0.6 is 0 Å². The molecule has 1 heterocycles. The van der Waals surface area contributed by atoms with E-state index in [9.17, 15) is 19.7 Å².